The molecule has 0 spiro atoms. The van der Waals surface area contributed by atoms with Gasteiger partial charge in [0.2, 0.25) is 0 Å². The Bertz CT molecular complexity index is 738. The largest absolute Gasteiger partial charge is 1.00 e. The molecule has 1 unspecified atom stereocenters. The van der Waals surface area contributed by atoms with Crippen LogP contribution in [0.4, 0.5) is 0 Å². The van der Waals surface area contributed by atoms with Crippen molar-refractivity contribution in [1.29, 1.82) is 0 Å². The maximum absolute atomic E-state index is 10.9. The zero-order chi connectivity index (χ0) is 16.1. The molecule has 0 heterocycles. The molecule has 5 heteroatoms. The molecule has 3 aromatic rings. The second-order valence-electron chi connectivity index (χ2n) is 5.16. The Hall–Kier alpha value is -0.850. The smallest absolute Gasteiger partial charge is 0.595 e. The van der Waals surface area contributed by atoms with Crippen LogP contribution in [0.3, 0.4) is 0 Å². The summed E-state index contributed by atoms with van der Waals surface area (Å²) in [7, 11) is -3.01. The normalized spacial score (nSPS) is 11.0. The van der Waals surface area contributed by atoms with Crippen LogP contribution < -0.4 is 50.4 Å². The third-order valence-electron chi connectivity index (χ3n) is 3.53. The van der Waals surface area contributed by atoms with Gasteiger partial charge in [-0.15, -0.1) is 0 Å². The Kier molecular flexibility index (Phi) is 7.78. The Morgan fingerprint density at radius 3 is 1.54 bits per heavy atom. The van der Waals surface area contributed by atoms with Crippen LogP contribution in [0.5, 0.6) is 0 Å². The molecule has 24 heavy (non-hydrogen) atoms. The van der Waals surface area contributed by atoms with Crippen LogP contribution in [0.15, 0.2) is 84.9 Å². The van der Waals surface area contributed by atoms with Crippen molar-refractivity contribution in [3.8, 4) is 0 Å². The van der Waals surface area contributed by atoms with Crippen LogP contribution in [0.25, 0.3) is 0 Å². The van der Waals surface area contributed by atoms with E-state index in [4.69, 9.17) is 0 Å². The summed E-state index contributed by atoms with van der Waals surface area (Å²) >= 11 is 0. The molecule has 2 nitrogen and oxygen atoms in total. The van der Waals surface area contributed by atoms with Crippen molar-refractivity contribution in [3.63, 3.8) is 0 Å². The summed E-state index contributed by atoms with van der Waals surface area (Å²) in [6.45, 7) is 0. The molecule has 0 aliphatic heterocycles. The van der Waals surface area contributed by atoms with Gasteiger partial charge < -0.3 is 4.89 Å². The minimum atomic E-state index is -2.38. The third kappa shape index (κ3) is 5.07. The average Bonchev–Trinajstić information content (AvgIpc) is 2.58. The second kappa shape index (κ2) is 9.59. The molecule has 1 atom stereocenters. The van der Waals surface area contributed by atoms with E-state index in [9.17, 15) is 9.46 Å². The molecule has 0 fully saturated rings. The number of rotatable bonds is 5. The van der Waals surface area contributed by atoms with E-state index in [2.05, 4.69) is 60.7 Å². The van der Waals surface area contributed by atoms with Crippen molar-refractivity contribution in [2.45, 2.75) is 6.16 Å². The fourth-order valence-electron chi connectivity index (χ4n) is 2.50. The maximum atomic E-state index is 10.9. The monoisotopic (exact) mass is 361 g/mol. The Morgan fingerprint density at radius 2 is 1.12 bits per heavy atom. The summed E-state index contributed by atoms with van der Waals surface area (Å²) < 4.78 is 10.9. The summed E-state index contributed by atoms with van der Waals surface area (Å²) in [6.07, 6.45) is 0.101. The molecule has 0 aromatic heterocycles. The van der Waals surface area contributed by atoms with E-state index < -0.39 is 15.9 Å². The first-order chi connectivity index (χ1) is 11.2. The van der Waals surface area contributed by atoms with Gasteiger partial charge in [-0.25, -0.2) is 0 Å². The van der Waals surface area contributed by atoms with Crippen LogP contribution >= 0.6 is 15.9 Å². The average molecular weight is 361 g/mol. The van der Waals surface area contributed by atoms with Crippen LogP contribution in [0, 0.1) is 0 Å². The van der Waals surface area contributed by atoms with Crippen molar-refractivity contribution in [2.75, 3.05) is 0 Å². The first-order valence-electron chi connectivity index (χ1n) is 7.35. The number of benzene rings is 3. The Balaban J connectivity index is 0.00000208. The predicted octanol–water partition coefficient (Wildman–Crippen LogP) is 0.0515. The van der Waals surface area contributed by atoms with E-state index >= 15 is 0 Å². The SMILES string of the molecule is O=[P+]([O-])Cc1ccc(P(c2ccccc2)c2ccccc2)cc1.[Na+]. The molecule has 0 aliphatic rings. The van der Waals surface area contributed by atoms with Gasteiger partial charge in [0.1, 0.15) is 0 Å². The van der Waals surface area contributed by atoms with Crippen molar-refractivity contribution in [1.82, 2.24) is 0 Å². The second-order valence-corrected chi connectivity index (χ2v) is 8.37. The van der Waals surface area contributed by atoms with Gasteiger partial charge in [0.25, 0.3) is 0 Å². The minimum absolute atomic E-state index is 0. The molecule has 0 amide bonds. The quantitative estimate of drug-likeness (QED) is 0.476. The van der Waals surface area contributed by atoms with Crippen LogP contribution in [-0.4, -0.2) is 0 Å². The van der Waals surface area contributed by atoms with Gasteiger partial charge in [-0.05, 0) is 29.4 Å². The fourth-order valence-corrected chi connectivity index (χ4v) is 5.29. The standard InChI is InChI=1S/C19H16O2P2.Na/c20-22(21)15-16-11-13-19(14-12-16)23(17-7-3-1-4-8-17)18-9-5-2-6-10-18;/h1-14H,15H2;/q;+1. The van der Waals surface area contributed by atoms with E-state index in [1.165, 1.54) is 15.9 Å². The molecular weight excluding hydrogens is 345 g/mol. The summed E-state index contributed by atoms with van der Waals surface area (Å²) in [6, 6.07) is 28.8. The molecule has 0 bridgehead atoms. The Labute approximate surface area is 166 Å². The summed E-state index contributed by atoms with van der Waals surface area (Å²) in [5.41, 5.74) is 0.834. The molecule has 0 aliphatic carbocycles. The van der Waals surface area contributed by atoms with E-state index in [0.29, 0.717) is 0 Å². The summed E-state index contributed by atoms with van der Waals surface area (Å²) in [5.74, 6) is 0. The number of hydrogen-bond donors (Lipinski definition) is 0. The van der Waals surface area contributed by atoms with Crippen LogP contribution in [0.2, 0.25) is 0 Å². The van der Waals surface area contributed by atoms with E-state index in [0.717, 1.165) is 5.56 Å². The van der Waals surface area contributed by atoms with Crippen molar-refractivity contribution >= 4 is 31.9 Å². The van der Waals surface area contributed by atoms with Crippen LogP contribution in [-0.2, 0) is 10.7 Å². The van der Waals surface area contributed by atoms with Crippen molar-refractivity contribution in [2.24, 2.45) is 0 Å². The molecule has 0 radical (unpaired) electrons. The Morgan fingerprint density at radius 1 is 0.708 bits per heavy atom. The maximum Gasteiger partial charge on any atom is 1.00 e. The van der Waals surface area contributed by atoms with Gasteiger partial charge in [-0.2, -0.15) is 0 Å². The summed E-state index contributed by atoms with van der Waals surface area (Å²) in [5, 5.41) is 3.80. The first-order valence-corrected chi connectivity index (χ1v) is 10.1. The molecule has 114 valence electrons. The summed E-state index contributed by atoms with van der Waals surface area (Å²) in [4.78, 5) is 10.9. The molecule has 0 saturated carbocycles. The third-order valence-corrected chi connectivity index (χ3v) is 6.60. The zero-order valence-electron chi connectivity index (χ0n) is 13.5. The molecule has 3 aromatic carbocycles. The van der Waals surface area contributed by atoms with Gasteiger partial charge in [0.05, 0.1) is 0 Å². The molecular formula is C19H16NaO2P2+. The van der Waals surface area contributed by atoms with E-state index in [1.807, 2.05) is 24.3 Å². The van der Waals surface area contributed by atoms with E-state index in [1.54, 1.807) is 0 Å². The molecule has 0 saturated heterocycles. The predicted molar refractivity (Wildman–Crippen MR) is 96.5 cm³/mol. The van der Waals surface area contributed by atoms with Gasteiger partial charge in [-0.3, -0.25) is 0 Å². The first kappa shape index (κ1) is 19.5. The topological polar surface area (TPSA) is 40.1 Å². The van der Waals surface area contributed by atoms with Gasteiger partial charge >= 0.3 is 37.6 Å². The minimum Gasteiger partial charge on any atom is -0.595 e. The van der Waals surface area contributed by atoms with Gasteiger partial charge in [-0.1, -0.05) is 89.5 Å². The zero-order valence-corrected chi connectivity index (χ0v) is 17.3. The van der Waals surface area contributed by atoms with Gasteiger partial charge in [0.15, 0.2) is 6.16 Å². The van der Waals surface area contributed by atoms with E-state index in [-0.39, 0.29) is 35.7 Å². The van der Waals surface area contributed by atoms with Crippen LogP contribution in [0.1, 0.15) is 5.56 Å². The van der Waals surface area contributed by atoms with Gasteiger partial charge in [0, 0.05) is 0 Å². The number of hydrogen-bond acceptors (Lipinski definition) is 2. The molecule has 0 N–H and O–H groups in total. The fraction of sp³-hybridized carbons (Fsp3) is 0.0526. The van der Waals surface area contributed by atoms with Crippen molar-refractivity contribution in [3.05, 3.63) is 90.5 Å². The van der Waals surface area contributed by atoms with Crippen molar-refractivity contribution < 1.29 is 39.0 Å². The molecule has 3 rings (SSSR count).